The van der Waals surface area contributed by atoms with Crippen molar-refractivity contribution in [2.45, 2.75) is 30.1 Å². The maximum Gasteiger partial charge on any atom is 0.176 e. The fourth-order valence-electron chi connectivity index (χ4n) is 1.02. The smallest absolute Gasteiger partial charge is 0.176 e. The minimum atomic E-state index is 0.418. The van der Waals surface area contributed by atoms with Crippen LogP contribution in [-0.2, 0) is 0 Å². The molecule has 0 aliphatic carbocycles. The molecule has 0 spiro atoms. The minimum Gasteiger partial charge on any atom is -0.241 e. The van der Waals surface area contributed by atoms with Crippen LogP contribution in [0.5, 0.6) is 0 Å². The summed E-state index contributed by atoms with van der Waals surface area (Å²) in [5.74, 6) is 0.764. The number of aromatic nitrogens is 4. The Kier molecular flexibility index (Phi) is 3.41. The van der Waals surface area contributed by atoms with Crippen LogP contribution >= 0.6 is 34.9 Å². The molecule has 84 valence electrons. The second kappa shape index (κ2) is 4.65. The summed E-state index contributed by atoms with van der Waals surface area (Å²) in [6.45, 7) is 5.65. The molecule has 0 saturated carbocycles. The summed E-state index contributed by atoms with van der Waals surface area (Å²) in [6, 6.07) is 0. The molecule has 0 saturated heterocycles. The van der Waals surface area contributed by atoms with E-state index >= 15 is 0 Å². The summed E-state index contributed by atoms with van der Waals surface area (Å²) >= 11 is 8.76. The lowest BCUT2D eigenvalue weighted by molar-refractivity contribution is 0.956. The van der Waals surface area contributed by atoms with Crippen molar-refractivity contribution in [1.82, 2.24) is 19.3 Å². The average Bonchev–Trinajstić information content (AvgIpc) is 2.60. The lowest BCUT2D eigenvalue weighted by Crippen LogP contribution is -1.94. The van der Waals surface area contributed by atoms with E-state index in [4.69, 9.17) is 11.6 Å². The first-order chi connectivity index (χ1) is 7.56. The zero-order chi connectivity index (χ0) is 11.7. The molecular weight excluding hydrogens is 264 g/mol. The summed E-state index contributed by atoms with van der Waals surface area (Å²) < 4.78 is 4.93. The standard InChI is InChI=1S/C9H9ClN4S2/c1-4-5(2)12-8(7(10)11-4)15-9-13-6(3)14-16-9/h1-3H3. The number of hydrogen-bond acceptors (Lipinski definition) is 6. The highest BCUT2D eigenvalue weighted by atomic mass is 35.5. The van der Waals surface area contributed by atoms with E-state index in [2.05, 4.69) is 19.3 Å². The average molecular weight is 273 g/mol. The SMILES string of the molecule is Cc1nsc(Sc2nc(C)c(C)nc2Cl)n1. The molecule has 7 heteroatoms. The number of rotatable bonds is 2. The monoisotopic (exact) mass is 272 g/mol. The summed E-state index contributed by atoms with van der Waals surface area (Å²) in [5.41, 5.74) is 1.73. The molecule has 0 aromatic carbocycles. The van der Waals surface area contributed by atoms with Crippen molar-refractivity contribution in [2.75, 3.05) is 0 Å². The Bertz CT molecular complexity index is 526. The molecule has 0 radical (unpaired) electrons. The molecule has 4 nitrogen and oxygen atoms in total. The number of nitrogens with zero attached hydrogens (tertiary/aromatic N) is 4. The fourth-order valence-corrected chi connectivity index (χ4v) is 2.88. The second-order valence-electron chi connectivity index (χ2n) is 3.20. The first-order valence-corrected chi connectivity index (χ1v) is 6.52. The largest absolute Gasteiger partial charge is 0.241 e. The van der Waals surface area contributed by atoms with Crippen LogP contribution in [0.1, 0.15) is 17.2 Å². The fraction of sp³-hybridized carbons (Fsp3) is 0.333. The van der Waals surface area contributed by atoms with Crippen LogP contribution in [0.2, 0.25) is 5.15 Å². The Morgan fingerprint density at radius 3 is 2.38 bits per heavy atom. The molecule has 0 aliphatic rings. The third-order valence-corrected chi connectivity index (χ3v) is 4.12. The Morgan fingerprint density at radius 1 is 1.06 bits per heavy atom. The van der Waals surface area contributed by atoms with Crippen molar-refractivity contribution in [3.05, 3.63) is 22.4 Å². The molecular formula is C9H9ClN4S2. The molecule has 2 aromatic rings. The van der Waals surface area contributed by atoms with Crippen molar-refractivity contribution in [2.24, 2.45) is 0 Å². The molecule has 0 atom stereocenters. The van der Waals surface area contributed by atoms with Gasteiger partial charge in [-0.15, -0.1) is 0 Å². The van der Waals surface area contributed by atoms with Crippen LogP contribution in [0.4, 0.5) is 0 Å². The van der Waals surface area contributed by atoms with Crippen molar-refractivity contribution in [3.8, 4) is 0 Å². The van der Waals surface area contributed by atoms with E-state index in [0.717, 1.165) is 21.6 Å². The third-order valence-electron chi connectivity index (χ3n) is 1.93. The highest BCUT2D eigenvalue weighted by molar-refractivity contribution is 8.01. The topological polar surface area (TPSA) is 51.6 Å². The highest BCUT2D eigenvalue weighted by Gasteiger charge is 2.11. The van der Waals surface area contributed by atoms with Gasteiger partial charge in [-0.05, 0) is 44.1 Å². The van der Waals surface area contributed by atoms with Crippen molar-refractivity contribution in [3.63, 3.8) is 0 Å². The van der Waals surface area contributed by atoms with Crippen LogP contribution in [0.3, 0.4) is 0 Å². The van der Waals surface area contributed by atoms with Crippen molar-refractivity contribution in [1.29, 1.82) is 0 Å². The molecule has 2 rings (SSSR count). The van der Waals surface area contributed by atoms with Gasteiger partial charge in [-0.3, -0.25) is 0 Å². The van der Waals surface area contributed by atoms with E-state index in [1.54, 1.807) is 0 Å². The van der Waals surface area contributed by atoms with Gasteiger partial charge in [-0.25, -0.2) is 15.0 Å². The summed E-state index contributed by atoms with van der Waals surface area (Å²) in [7, 11) is 0. The van der Waals surface area contributed by atoms with E-state index in [9.17, 15) is 0 Å². The Morgan fingerprint density at radius 2 is 1.75 bits per heavy atom. The Labute approximate surface area is 107 Å². The normalized spacial score (nSPS) is 10.8. The van der Waals surface area contributed by atoms with Crippen LogP contribution in [0.15, 0.2) is 9.37 Å². The maximum atomic E-state index is 6.02. The van der Waals surface area contributed by atoms with Gasteiger partial charge >= 0.3 is 0 Å². The maximum absolute atomic E-state index is 6.02. The molecule has 0 N–H and O–H groups in total. The molecule has 0 fully saturated rings. The van der Waals surface area contributed by atoms with E-state index in [-0.39, 0.29) is 0 Å². The van der Waals surface area contributed by atoms with E-state index in [1.165, 1.54) is 23.3 Å². The molecule has 0 amide bonds. The quantitative estimate of drug-likeness (QED) is 0.841. The zero-order valence-corrected chi connectivity index (χ0v) is 11.4. The molecule has 0 aliphatic heterocycles. The number of hydrogen-bond donors (Lipinski definition) is 0. The van der Waals surface area contributed by atoms with Gasteiger partial charge in [0.2, 0.25) is 0 Å². The second-order valence-corrected chi connectivity index (χ2v) is 5.55. The van der Waals surface area contributed by atoms with Gasteiger partial charge in [-0.2, -0.15) is 4.37 Å². The lowest BCUT2D eigenvalue weighted by atomic mass is 10.4. The first kappa shape index (κ1) is 11.8. The predicted molar refractivity (Wildman–Crippen MR) is 65.3 cm³/mol. The third kappa shape index (κ3) is 2.50. The Hall–Kier alpha value is -0.720. The molecule has 2 heterocycles. The van der Waals surface area contributed by atoms with E-state index in [0.29, 0.717) is 10.2 Å². The van der Waals surface area contributed by atoms with Crippen molar-refractivity contribution < 1.29 is 0 Å². The van der Waals surface area contributed by atoms with Gasteiger partial charge in [0, 0.05) is 0 Å². The van der Waals surface area contributed by atoms with Crippen LogP contribution in [0.25, 0.3) is 0 Å². The summed E-state index contributed by atoms with van der Waals surface area (Å²) in [6.07, 6.45) is 0. The van der Waals surface area contributed by atoms with Crippen LogP contribution < -0.4 is 0 Å². The molecule has 2 aromatic heterocycles. The first-order valence-electron chi connectivity index (χ1n) is 4.55. The zero-order valence-electron chi connectivity index (χ0n) is 8.98. The van der Waals surface area contributed by atoms with Gasteiger partial charge < -0.3 is 0 Å². The summed E-state index contributed by atoms with van der Waals surface area (Å²) in [4.78, 5) is 12.8. The van der Waals surface area contributed by atoms with Crippen LogP contribution in [0, 0.1) is 20.8 Å². The van der Waals surface area contributed by atoms with E-state index in [1.807, 2.05) is 20.8 Å². The van der Waals surface area contributed by atoms with Gasteiger partial charge in [-0.1, -0.05) is 11.6 Å². The summed E-state index contributed by atoms with van der Waals surface area (Å²) in [5, 5.41) is 1.10. The predicted octanol–water partition coefficient (Wildman–Crippen LogP) is 3.06. The molecule has 0 bridgehead atoms. The van der Waals surface area contributed by atoms with Gasteiger partial charge in [0.15, 0.2) is 9.49 Å². The minimum absolute atomic E-state index is 0.418. The molecule has 0 unspecified atom stereocenters. The van der Waals surface area contributed by atoms with Gasteiger partial charge in [0.1, 0.15) is 10.9 Å². The van der Waals surface area contributed by atoms with Crippen LogP contribution in [-0.4, -0.2) is 19.3 Å². The highest BCUT2D eigenvalue weighted by Crippen LogP contribution is 2.31. The molecule has 16 heavy (non-hydrogen) atoms. The lowest BCUT2D eigenvalue weighted by Gasteiger charge is -2.03. The number of halogens is 1. The number of aryl methyl sites for hydroxylation is 3. The van der Waals surface area contributed by atoms with Crippen molar-refractivity contribution >= 4 is 34.9 Å². The van der Waals surface area contributed by atoms with E-state index < -0.39 is 0 Å². The van der Waals surface area contributed by atoms with Gasteiger partial charge in [0.25, 0.3) is 0 Å². The Balaban J connectivity index is 2.31. The van der Waals surface area contributed by atoms with Gasteiger partial charge in [0.05, 0.1) is 11.4 Å².